The molecule has 0 aliphatic carbocycles. The summed E-state index contributed by atoms with van der Waals surface area (Å²) in [5, 5.41) is 15.5. The molecule has 3 heterocycles. The molecule has 7 nitrogen and oxygen atoms in total. The van der Waals surface area contributed by atoms with Crippen LogP contribution in [0.15, 0.2) is 42.9 Å². The van der Waals surface area contributed by atoms with E-state index in [0.29, 0.717) is 18.1 Å². The molecule has 0 saturated heterocycles. The van der Waals surface area contributed by atoms with Gasteiger partial charge >= 0.3 is 0 Å². The summed E-state index contributed by atoms with van der Waals surface area (Å²) in [5.41, 5.74) is 0.660. The van der Waals surface area contributed by atoms with Gasteiger partial charge < -0.3 is 14.4 Å². The Kier molecular flexibility index (Phi) is 5.24. The molecule has 0 fully saturated rings. The molecule has 0 saturated carbocycles. The summed E-state index contributed by atoms with van der Waals surface area (Å²) in [6.07, 6.45) is 7.16. The highest BCUT2D eigenvalue weighted by atomic mass is 19.2. The first-order chi connectivity index (χ1) is 16.3. The summed E-state index contributed by atoms with van der Waals surface area (Å²) < 4.78 is 49.7. The van der Waals surface area contributed by atoms with Crippen LogP contribution in [0.2, 0.25) is 0 Å². The molecular formula is C24H20F3N5O2. The Labute approximate surface area is 192 Å². The van der Waals surface area contributed by atoms with E-state index in [1.807, 2.05) is 35.9 Å². The number of hydrogen-bond donors (Lipinski definition) is 1. The summed E-state index contributed by atoms with van der Waals surface area (Å²) >= 11 is 0. The van der Waals surface area contributed by atoms with Crippen molar-refractivity contribution < 1.29 is 23.0 Å². The molecule has 34 heavy (non-hydrogen) atoms. The van der Waals surface area contributed by atoms with E-state index in [1.54, 1.807) is 25.6 Å². The molecule has 0 unspecified atom stereocenters. The van der Waals surface area contributed by atoms with E-state index in [4.69, 9.17) is 4.74 Å². The van der Waals surface area contributed by atoms with E-state index in [2.05, 4.69) is 15.1 Å². The Balaban J connectivity index is 1.43. The van der Waals surface area contributed by atoms with Crippen molar-refractivity contribution in [3.8, 4) is 11.4 Å². The van der Waals surface area contributed by atoms with E-state index >= 15 is 0 Å². The Morgan fingerprint density at radius 3 is 2.56 bits per heavy atom. The number of aryl methyl sites for hydroxylation is 2. The zero-order chi connectivity index (χ0) is 24.0. The third-order valence-corrected chi connectivity index (χ3v) is 5.82. The summed E-state index contributed by atoms with van der Waals surface area (Å²) in [6, 6.07) is 7.22. The fourth-order valence-corrected chi connectivity index (χ4v) is 4.07. The number of rotatable bonds is 5. The van der Waals surface area contributed by atoms with E-state index < -0.39 is 23.1 Å². The molecule has 0 amide bonds. The molecule has 0 bridgehead atoms. The zero-order valence-electron chi connectivity index (χ0n) is 18.3. The maximum Gasteiger partial charge on any atom is 0.194 e. The lowest BCUT2D eigenvalue weighted by Gasteiger charge is -2.21. The van der Waals surface area contributed by atoms with E-state index in [0.717, 1.165) is 29.1 Å². The Morgan fingerprint density at radius 1 is 1.12 bits per heavy atom. The largest absolute Gasteiger partial charge is 0.495 e. The van der Waals surface area contributed by atoms with Crippen molar-refractivity contribution in [3.05, 3.63) is 88.8 Å². The molecule has 2 aromatic carbocycles. The lowest BCUT2D eigenvalue weighted by Crippen LogP contribution is -2.26. The molecule has 1 aliphatic rings. The van der Waals surface area contributed by atoms with Crippen molar-refractivity contribution in [2.45, 2.75) is 25.5 Å². The molecule has 1 atom stereocenters. The highest BCUT2D eigenvalue weighted by Crippen LogP contribution is 2.38. The number of hydrogen-bond acceptors (Lipinski definition) is 5. The maximum absolute atomic E-state index is 13.8. The number of benzene rings is 2. The SMILES string of the molecule is COc1cc(C=Cc2nc3n(n2)CC[C@@]3(O)c2cc(F)c(F)c(F)c2)ccc1-n1cnc(C)c1. The minimum Gasteiger partial charge on any atom is -0.495 e. The average Bonchev–Trinajstić information content (AvgIpc) is 3.52. The molecule has 4 aromatic rings. The molecule has 10 heteroatoms. The summed E-state index contributed by atoms with van der Waals surface area (Å²) in [5.74, 6) is -3.23. The molecule has 1 aliphatic heterocycles. The van der Waals surface area contributed by atoms with Crippen LogP contribution in [0.25, 0.3) is 17.8 Å². The number of imidazole rings is 1. The first-order valence-electron chi connectivity index (χ1n) is 10.5. The Hall–Kier alpha value is -3.92. The maximum atomic E-state index is 13.8. The van der Waals surface area contributed by atoms with Gasteiger partial charge in [0.25, 0.3) is 0 Å². The fourth-order valence-electron chi connectivity index (χ4n) is 4.07. The predicted octanol–water partition coefficient (Wildman–Crippen LogP) is 4.01. The third kappa shape index (κ3) is 3.65. The van der Waals surface area contributed by atoms with Gasteiger partial charge in [-0.05, 0) is 48.4 Å². The second-order valence-corrected chi connectivity index (χ2v) is 8.07. The second-order valence-electron chi connectivity index (χ2n) is 8.07. The molecule has 5 rings (SSSR count). The van der Waals surface area contributed by atoms with Gasteiger partial charge in [0.15, 0.2) is 34.7 Å². The van der Waals surface area contributed by atoms with Crippen LogP contribution in [0.3, 0.4) is 0 Å². The van der Waals surface area contributed by atoms with Crippen LogP contribution in [0.4, 0.5) is 13.2 Å². The number of ether oxygens (including phenoxy) is 1. The van der Waals surface area contributed by atoms with Crippen molar-refractivity contribution in [2.24, 2.45) is 0 Å². The number of fused-ring (bicyclic) bond motifs is 1. The van der Waals surface area contributed by atoms with Crippen LogP contribution in [0.5, 0.6) is 5.75 Å². The van der Waals surface area contributed by atoms with Crippen LogP contribution in [0.1, 0.15) is 34.9 Å². The average molecular weight is 467 g/mol. The lowest BCUT2D eigenvalue weighted by atomic mass is 9.91. The molecule has 174 valence electrons. The van der Waals surface area contributed by atoms with Crippen molar-refractivity contribution in [1.29, 1.82) is 0 Å². The van der Waals surface area contributed by atoms with Gasteiger partial charge in [-0.1, -0.05) is 12.1 Å². The van der Waals surface area contributed by atoms with Crippen molar-refractivity contribution in [1.82, 2.24) is 24.3 Å². The van der Waals surface area contributed by atoms with E-state index in [9.17, 15) is 18.3 Å². The van der Waals surface area contributed by atoms with E-state index in [1.165, 1.54) is 4.68 Å². The minimum atomic E-state index is -1.78. The van der Waals surface area contributed by atoms with Gasteiger partial charge in [0.2, 0.25) is 0 Å². The van der Waals surface area contributed by atoms with E-state index in [-0.39, 0.29) is 17.8 Å². The fraction of sp³-hybridized carbons (Fsp3) is 0.208. The zero-order valence-corrected chi connectivity index (χ0v) is 18.3. The number of methoxy groups -OCH3 is 1. The van der Waals surface area contributed by atoms with Gasteiger partial charge in [-0.3, -0.25) is 0 Å². The van der Waals surface area contributed by atoms with Gasteiger partial charge in [-0.25, -0.2) is 27.8 Å². The molecule has 0 spiro atoms. The molecule has 2 aromatic heterocycles. The Morgan fingerprint density at radius 2 is 1.88 bits per heavy atom. The quantitative estimate of drug-likeness (QED) is 0.449. The van der Waals surface area contributed by atoms with Gasteiger partial charge in [-0.2, -0.15) is 5.10 Å². The van der Waals surface area contributed by atoms with Crippen molar-refractivity contribution in [2.75, 3.05) is 7.11 Å². The number of aromatic nitrogens is 5. The molecule has 1 N–H and O–H groups in total. The van der Waals surface area contributed by atoms with Crippen molar-refractivity contribution >= 4 is 12.2 Å². The molecule has 0 radical (unpaired) electrons. The number of nitrogens with zero attached hydrogens (tertiary/aromatic N) is 5. The highest BCUT2D eigenvalue weighted by molar-refractivity contribution is 5.69. The van der Waals surface area contributed by atoms with Crippen LogP contribution in [-0.4, -0.2) is 36.5 Å². The van der Waals surface area contributed by atoms with Crippen LogP contribution >= 0.6 is 0 Å². The monoisotopic (exact) mass is 467 g/mol. The van der Waals surface area contributed by atoms with Gasteiger partial charge in [0.05, 0.1) is 24.8 Å². The van der Waals surface area contributed by atoms with Gasteiger partial charge in [-0.15, -0.1) is 0 Å². The second kappa shape index (κ2) is 8.14. The minimum absolute atomic E-state index is 0.111. The summed E-state index contributed by atoms with van der Waals surface area (Å²) in [4.78, 5) is 8.59. The van der Waals surface area contributed by atoms with Crippen molar-refractivity contribution in [3.63, 3.8) is 0 Å². The molecular weight excluding hydrogens is 447 g/mol. The Bertz CT molecular complexity index is 1400. The van der Waals surface area contributed by atoms with Crippen LogP contribution in [-0.2, 0) is 12.1 Å². The van der Waals surface area contributed by atoms with Crippen LogP contribution < -0.4 is 4.74 Å². The smallest absolute Gasteiger partial charge is 0.194 e. The topological polar surface area (TPSA) is 78.0 Å². The number of aliphatic hydroxyl groups is 1. The summed E-state index contributed by atoms with van der Waals surface area (Å²) in [6.45, 7) is 2.19. The lowest BCUT2D eigenvalue weighted by molar-refractivity contribution is 0.0776. The third-order valence-electron chi connectivity index (χ3n) is 5.82. The predicted molar refractivity (Wildman–Crippen MR) is 118 cm³/mol. The van der Waals surface area contributed by atoms with Crippen LogP contribution in [0, 0.1) is 24.4 Å². The first-order valence-corrected chi connectivity index (χ1v) is 10.5. The standard InChI is InChI=1S/C24H20F3N5O2/c1-14-12-31(13-28-14)19-5-3-15(9-20(19)34-2)4-6-21-29-23-24(33,7-8-32(23)30-21)16-10-17(25)22(27)18(26)11-16/h3-6,9-13,33H,7-8H2,1-2H3/t24-/m1/s1. The van der Waals surface area contributed by atoms with Gasteiger partial charge in [0.1, 0.15) is 5.75 Å². The normalized spacial score (nSPS) is 17.5. The number of halogens is 3. The van der Waals surface area contributed by atoms with Gasteiger partial charge in [0, 0.05) is 19.2 Å². The highest BCUT2D eigenvalue weighted by Gasteiger charge is 2.42. The first kappa shape index (κ1) is 21.9. The summed E-state index contributed by atoms with van der Waals surface area (Å²) in [7, 11) is 1.58.